The fourth-order valence-electron chi connectivity index (χ4n) is 4.87. The minimum atomic E-state index is 0.147. The zero-order chi connectivity index (χ0) is 18.6. The molecule has 6 rings (SSSR count). The fourth-order valence-corrected chi connectivity index (χ4v) is 4.87. The van der Waals surface area contributed by atoms with Gasteiger partial charge in [0.2, 0.25) is 0 Å². The summed E-state index contributed by atoms with van der Waals surface area (Å²) in [4.78, 5) is 14.6. The highest BCUT2D eigenvalue weighted by atomic mass is 16.3. The van der Waals surface area contributed by atoms with Crippen molar-refractivity contribution in [3.8, 4) is 11.1 Å². The number of rotatable bonds is 2. The van der Waals surface area contributed by atoms with Gasteiger partial charge in [-0.1, -0.05) is 6.07 Å². The molecule has 5 heterocycles. The van der Waals surface area contributed by atoms with Crippen molar-refractivity contribution in [2.45, 2.75) is 18.3 Å². The third kappa shape index (κ3) is 2.24. The van der Waals surface area contributed by atoms with Gasteiger partial charge in [-0.3, -0.25) is 0 Å². The number of hydrogen-bond donors (Lipinski definition) is 2. The molecular formula is C22H21N5O. The van der Waals surface area contributed by atoms with Crippen LogP contribution in [0.4, 0.5) is 11.5 Å². The molecule has 0 saturated carbocycles. The normalized spacial score (nSPS) is 18.1. The average molecular weight is 371 g/mol. The molecule has 0 aliphatic carbocycles. The molecule has 4 aromatic rings. The van der Waals surface area contributed by atoms with Gasteiger partial charge in [-0.15, -0.1) is 0 Å². The van der Waals surface area contributed by atoms with Gasteiger partial charge in [0.25, 0.3) is 0 Å². The molecule has 140 valence electrons. The molecule has 2 N–H and O–H groups in total. The van der Waals surface area contributed by atoms with E-state index < -0.39 is 0 Å². The summed E-state index contributed by atoms with van der Waals surface area (Å²) in [5, 5.41) is 4.59. The smallest absolute Gasteiger partial charge is 0.145 e. The molecule has 28 heavy (non-hydrogen) atoms. The number of H-pyrrole nitrogens is 1. The lowest BCUT2D eigenvalue weighted by molar-refractivity contribution is 0.329. The van der Waals surface area contributed by atoms with E-state index in [-0.39, 0.29) is 5.41 Å². The Balaban J connectivity index is 1.54. The molecule has 1 aromatic carbocycles. The molecule has 1 fully saturated rings. The predicted molar refractivity (Wildman–Crippen MR) is 109 cm³/mol. The summed E-state index contributed by atoms with van der Waals surface area (Å²) >= 11 is 0. The summed E-state index contributed by atoms with van der Waals surface area (Å²) in [6.07, 6.45) is 9.40. The van der Waals surface area contributed by atoms with Gasteiger partial charge in [-0.05, 0) is 61.3 Å². The standard InChI is InChI=1S/C22H21N5O/c1-2-19-18(11-15(1)16-4-10-28-12-16)22(5-8-23-9-6-22)13-27(19)21-17-3-7-24-20(17)25-14-26-21/h1-4,7,10-12,14,23H,5-6,8-9,13H2,(H,24,25,26). The van der Waals surface area contributed by atoms with Crippen LogP contribution in [0.25, 0.3) is 22.2 Å². The maximum atomic E-state index is 5.31. The maximum Gasteiger partial charge on any atom is 0.145 e. The Morgan fingerprint density at radius 3 is 2.82 bits per heavy atom. The Bertz CT molecular complexity index is 1140. The summed E-state index contributed by atoms with van der Waals surface area (Å²) in [6, 6.07) is 10.9. The second-order valence-electron chi connectivity index (χ2n) is 7.80. The number of piperidine rings is 1. The Kier molecular flexibility index (Phi) is 3.37. The second kappa shape index (κ2) is 5.94. The van der Waals surface area contributed by atoms with Gasteiger partial charge in [0.05, 0.1) is 17.9 Å². The summed E-state index contributed by atoms with van der Waals surface area (Å²) in [5.74, 6) is 0.985. The molecule has 0 radical (unpaired) electrons. The Labute approximate surface area is 162 Å². The Hall–Kier alpha value is -3.12. The van der Waals surface area contributed by atoms with Gasteiger partial charge in [0, 0.05) is 29.4 Å². The van der Waals surface area contributed by atoms with Crippen molar-refractivity contribution in [3.05, 3.63) is 60.9 Å². The SMILES string of the molecule is c1nc(N2CC3(CCNCC3)c3cc(-c4ccoc4)ccc32)c2cc[nH]c2n1. The number of anilines is 2. The van der Waals surface area contributed by atoms with Crippen LogP contribution < -0.4 is 10.2 Å². The van der Waals surface area contributed by atoms with Crippen LogP contribution in [0.15, 0.2) is 59.8 Å². The Morgan fingerprint density at radius 1 is 1.04 bits per heavy atom. The first-order valence-electron chi connectivity index (χ1n) is 9.78. The topological polar surface area (TPSA) is 70.0 Å². The van der Waals surface area contributed by atoms with Crippen molar-refractivity contribution < 1.29 is 4.42 Å². The van der Waals surface area contributed by atoms with Gasteiger partial charge >= 0.3 is 0 Å². The zero-order valence-electron chi connectivity index (χ0n) is 15.5. The first-order valence-corrected chi connectivity index (χ1v) is 9.78. The highest BCUT2D eigenvalue weighted by molar-refractivity contribution is 5.91. The molecule has 3 aromatic heterocycles. The van der Waals surface area contributed by atoms with E-state index in [1.165, 1.54) is 16.8 Å². The van der Waals surface area contributed by atoms with E-state index in [9.17, 15) is 0 Å². The van der Waals surface area contributed by atoms with E-state index in [4.69, 9.17) is 4.42 Å². The van der Waals surface area contributed by atoms with Crippen LogP contribution in [0.1, 0.15) is 18.4 Å². The van der Waals surface area contributed by atoms with Crippen molar-refractivity contribution in [1.82, 2.24) is 20.3 Å². The molecule has 2 aliphatic rings. The number of benzene rings is 1. The third-order valence-corrected chi connectivity index (χ3v) is 6.32. The van der Waals surface area contributed by atoms with Crippen molar-refractivity contribution in [2.75, 3.05) is 24.5 Å². The molecular weight excluding hydrogens is 350 g/mol. The Morgan fingerprint density at radius 2 is 1.96 bits per heavy atom. The number of hydrogen-bond acceptors (Lipinski definition) is 5. The van der Waals surface area contributed by atoms with Crippen LogP contribution in [-0.2, 0) is 5.41 Å². The minimum Gasteiger partial charge on any atom is -0.472 e. The van der Waals surface area contributed by atoms with E-state index in [2.05, 4.69) is 49.4 Å². The number of nitrogens with one attached hydrogen (secondary N) is 2. The molecule has 1 saturated heterocycles. The summed E-state index contributed by atoms with van der Waals surface area (Å²) in [5.41, 5.74) is 6.05. The van der Waals surface area contributed by atoms with E-state index in [1.54, 1.807) is 12.6 Å². The molecule has 0 bridgehead atoms. The highest BCUT2D eigenvalue weighted by Gasteiger charge is 2.44. The van der Waals surface area contributed by atoms with Crippen LogP contribution in [0, 0.1) is 0 Å². The first kappa shape index (κ1) is 15.9. The summed E-state index contributed by atoms with van der Waals surface area (Å²) in [7, 11) is 0. The predicted octanol–water partition coefficient (Wildman–Crippen LogP) is 3.99. The number of aromatic nitrogens is 3. The van der Waals surface area contributed by atoms with Crippen molar-refractivity contribution in [2.24, 2.45) is 0 Å². The molecule has 0 atom stereocenters. The highest BCUT2D eigenvalue weighted by Crippen LogP contribution is 2.50. The quantitative estimate of drug-likeness (QED) is 0.558. The summed E-state index contributed by atoms with van der Waals surface area (Å²) in [6.45, 7) is 3.05. The van der Waals surface area contributed by atoms with Crippen molar-refractivity contribution in [3.63, 3.8) is 0 Å². The molecule has 6 heteroatoms. The van der Waals surface area contributed by atoms with Crippen molar-refractivity contribution >= 4 is 22.5 Å². The lowest BCUT2D eigenvalue weighted by Gasteiger charge is -2.35. The van der Waals surface area contributed by atoms with Gasteiger partial charge in [0.1, 0.15) is 17.8 Å². The lowest BCUT2D eigenvalue weighted by Crippen LogP contribution is -2.42. The number of fused-ring (bicyclic) bond motifs is 3. The fraction of sp³-hybridized carbons (Fsp3) is 0.273. The van der Waals surface area contributed by atoms with Crippen LogP contribution in [0.5, 0.6) is 0 Å². The second-order valence-corrected chi connectivity index (χ2v) is 7.80. The maximum absolute atomic E-state index is 5.31. The van der Waals surface area contributed by atoms with Crippen LogP contribution >= 0.6 is 0 Å². The number of furan rings is 1. The van der Waals surface area contributed by atoms with E-state index >= 15 is 0 Å². The number of aromatic amines is 1. The lowest BCUT2D eigenvalue weighted by atomic mass is 9.74. The largest absolute Gasteiger partial charge is 0.472 e. The molecule has 6 nitrogen and oxygen atoms in total. The molecule has 0 amide bonds. The zero-order valence-corrected chi connectivity index (χ0v) is 15.5. The van der Waals surface area contributed by atoms with Crippen LogP contribution in [-0.4, -0.2) is 34.6 Å². The summed E-state index contributed by atoms with van der Waals surface area (Å²) < 4.78 is 5.31. The molecule has 0 unspecified atom stereocenters. The molecule has 2 aliphatic heterocycles. The van der Waals surface area contributed by atoms with E-state index in [0.717, 1.165) is 54.9 Å². The first-order chi connectivity index (χ1) is 13.8. The van der Waals surface area contributed by atoms with Gasteiger partial charge in [0.15, 0.2) is 0 Å². The van der Waals surface area contributed by atoms with Gasteiger partial charge in [-0.25, -0.2) is 9.97 Å². The van der Waals surface area contributed by atoms with E-state index in [1.807, 2.05) is 18.5 Å². The average Bonchev–Trinajstić information content (AvgIpc) is 3.48. The number of nitrogens with zero attached hydrogens (tertiary/aromatic N) is 3. The minimum absolute atomic E-state index is 0.147. The van der Waals surface area contributed by atoms with Gasteiger partial charge in [-0.2, -0.15) is 0 Å². The van der Waals surface area contributed by atoms with Crippen LogP contribution in [0.3, 0.4) is 0 Å². The van der Waals surface area contributed by atoms with E-state index in [0.29, 0.717) is 0 Å². The van der Waals surface area contributed by atoms with Crippen molar-refractivity contribution in [1.29, 1.82) is 0 Å². The monoisotopic (exact) mass is 371 g/mol. The van der Waals surface area contributed by atoms with Crippen LogP contribution in [0.2, 0.25) is 0 Å². The third-order valence-electron chi connectivity index (χ3n) is 6.32. The van der Waals surface area contributed by atoms with Gasteiger partial charge < -0.3 is 19.6 Å². The molecule has 1 spiro atoms.